The molecule has 0 saturated carbocycles. The van der Waals surface area contributed by atoms with E-state index in [0.29, 0.717) is 0 Å². The molecule has 0 heterocycles. The molecule has 0 aromatic carbocycles. The standard InChI is InChI=1S/CH3.4ClH.Sn/h1H3;4*1H;/q;;;;;+4/p-4. The molecule has 0 nitrogen and oxygen atoms in total. The van der Waals surface area contributed by atoms with Gasteiger partial charge in [0, 0.05) is 0 Å². The normalized spacial score (nSPS) is 10.0. The number of halogens is 4. The molecule has 0 aliphatic carbocycles. The Balaban J connectivity index is 0. The molecule has 0 fully saturated rings. The Kier molecular flexibility index (Phi) is 7.06. The van der Waals surface area contributed by atoms with Crippen LogP contribution in [0.1, 0.15) is 0 Å². The SMILES string of the molecule is [CH3].[Cl][Sn]([Cl])([Cl])[Cl]. The first-order valence-electron chi connectivity index (χ1n) is 0.756. The van der Waals surface area contributed by atoms with Crippen LogP contribution in [0.15, 0.2) is 0 Å². The molecule has 0 aliphatic heterocycles. The Labute approximate surface area is 56.4 Å². The Morgan fingerprint density at radius 1 is 0.833 bits per heavy atom. The van der Waals surface area contributed by atoms with Crippen LogP contribution in [0.3, 0.4) is 0 Å². The van der Waals surface area contributed by atoms with Crippen LogP contribution < -0.4 is 0 Å². The van der Waals surface area contributed by atoms with Crippen LogP contribution in [0, 0.1) is 7.43 Å². The van der Waals surface area contributed by atoms with Crippen molar-refractivity contribution in [2.24, 2.45) is 0 Å². The van der Waals surface area contributed by atoms with Gasteiger partial charge in [-0.15, -0.1) is 0 Å². The van der Waals surface area contributed by atoms with E-state index in [4.69, 9.17) is 35.7 Å². The van der Waals surface area contributed by atoms with Crippen molar-refractivity contribution >= 4 is 49.6 Å². The van der Waals surface area contributed by atoms with Crippen molar-refractivity contribution in [2.75, 3.05) is 0 Å². The Bertz CT molecular complexity index is 23.0. The van der Waals surface area contributed by atoms with Gasteiger partial charge in [-0.05, 0) is 0 Å². The summed E-state index contributed by atoms with van der Waals surface area (Å²) in [4.78, 5) is 0. The van der Waals surface area contributed by atoms with Gasteiger partial charge in [-0.1, -0.05) is 7.43 Å². The van der Waals surface area contributed by atoms with Crippen LogP contribution in [0.25, 0.3) is 0 Å². The van der Waals surface area contributed by atoms with Gasteiger partial charge in [0.25, 0.3) is 0 Å². The summed E-state index contributed by atoms with van der Waals surface area (Å²) in [5.74, 6) is 0. The summed E-state index contributed by atoms with van der Waals surface area (Å²) in [5.41, 5.74) is 0. The van der Waals surface area contributed by atoms with E-state index in [2.05, 4.69) is 0 Å². The first-order chi connectivity index (χ1) is 2.00. The van der Waals surface area contributed by atoms with Crippen molar-refractivity contribution in [2.45, 2.75) is 0 Å². The van der Waals surface area contributed by atoms with E-state index in [1.807, 2.05) is 0 Å². The second-order valence-corrected chi connectivity index (χ2v) is 25.9. The minimum atomic E-state index is -3.29. The maximum absolute atomic E-state index is 5.04. The van der Waals surface area contributed by atoms with Crippen LogP contribution in [0.4, 0.5) is 0 Å². The van der Waals surface area contributed by atoms with Crippen LogP contribution in [-0.2, 0) is 0 Å². The number of hydrogen-bond donors (Lipinski definition) is 0. The first kappa shape index (κ1) is 10.9. The fourth-order valence-corrected chi connectivity index (χ4v) is 0. The van der Waals surface area contributed by atoms with E-state index in [1.165, 1.54) is 0 Å². The Hall–Kier alpha value is 1.96. The third-order valence-electron chi connectivity index (χ3n) is 0. The summed E-state index contributed by atoms with van der Waals surface area (Å²) in [7, 11) is 20.1. The van der Waals surface area contributed by atoms with Crippen LogP contribution >= 0.6 is 35.7 Å². The van der Waals surface area contributed by atoms with Gasteiger partial charge in [-0.2, -0.15) is 0 Å². The van der Waals surface area contributed by atoms with Gasteiger partial charge in [-0.3, -0.25) is 0 Å². The fourth-order valence-electron chi connectivity index (χ4n) is 0. The molecule has 0 spiro atoms. The van der Waals surface area contributed by atoms with Crippen LogP contribution in [0.5, 0.6) is 0 Å². The molecule has 0 aliphatic rings. The topological polar surface area (TPSA) is 0 Å². The van der Waals surface area contributed by atoms with E-state index in [1.54, 1.807) is 0 Å². The van der Waals surface area contributed by atoms with E-state index in [-0.39, 0.29) is 7.43 Å². The zero-order chi connectivity index (χ0) is 4.50. The molecule has 0 N–H and O–H groups in total. The maximum atomic E-state index is 5.04. The number of hydrogen-bond acceptors (Lipinski definition) is 0. The van der Waals surface area contributed by atoms with Crippen molar-refractivity contribution in [3.8, 4) is 0 Å². The minimum absolute atomic E-state index is 0. The molecule has 5 heteroatoms. The second kappa shape index (κ2) is 3.90. The van der Waals surface area contributed by atoms with Gasteiger partial charge in [0.15, 0.2) is 0 Å². The summed E-state index contributed by atoms with van der Waals surface area (Å²) in [6.07, 6.45) is 0. The third-order valence-corrected chi connectivity index (χ3v) is 0. The fraction of sp³-hybridized carbons (Fsp3) is 0. The zero-order valence-electron chi connectivity index (χ0n) is 3.01. The molecule has 0 aromatic heterocycles. The summed E-state index contributed by atoms with van der Waals surface area (Å²) in [6, 6.07) is 0. The molecule has 0 unspecified atom stereocenters. The Morgan fingerprint density at radius 2 is 0.833 bits per heavy atom. The molecule has 0 bridgehead atoms. The first-order valence-corrected chi connectivity index (χ1v) is 15.2. The Morgan fingerprint density at radius 3 is 0.833 bits per heavy atom. The molecule has 0 rings (SSSR count). The van der Waals surface area contributed by atoms with E-state index >= 15 is 0 Å². The molecule has 6 heavy (non-hydrogen) atoms. The van der Waals surface area contributed by atoms with Gasteiger partial charge in [0.2, 0.25) is 0 Å². The molecule has 39 valence electrons. The second-order valence-electron chi connectivity index (χ2n) is 0.429. The molecule has 0 atom stereocenters. The third kappa shape index (κ3) is 38.2. The van der Waals surface area contributed by atoms with Gasteiger partial charge in [0.05, 0.1) is 0 Å². The van der Waals surface area contributed by atoms with Crippen molar-refractivity contribution in [3.63, 3.8) is 0 Å². The molecule has 1 radical (unpaired) electrons. The number of rotatable bonds is 0. The zero-order valence-corrected chi connectivity index (χ0v) is 8.89. The predicted molar refractivity (Wildman–Crippen MR) is 35.6 cm³/mol. The van der Waals surface area contributed by atoms with E-state index < -0.39 is 13.9 Å². The summed E-state index contributed by atoms with van der Waals surface area (Å²) >= 11 is -3.29. The summed E-state index contributed by atoms with van der Waals surface area (Å²) < 4.78 is 0. The average molecular weight is 276 g/mol. The predicted octanol–water partition coefficient (Wildman–Crippen LogP) is 2.83. The molecule has 0 saturated heterocycles. The average Bonchev–Trinajstić information content (AvgIpc) is 0.722. The van der Waals surface area contributed by atoms with E-state index in [0.717, 1.165) is 0 Å². The van der Waals surface area contributed by atoms with Crippen molar-refractivity contribution in [1.29, 1.82) is 0 Å². The monoisotopic (exact) mass is 275 g/mol. The van der Waals surface area contributed by atoms with E-state index in [9.17, 15) is 0 Å². The van der Waals surface area contributed by atoms with Gasteiger partial charge in [0.1, 0.15) is 0 Å². The molecule has 0 amide bonds. The molecular weight excluding hydrogens is 273 g/mol. The quantitative estimate of drug-likeness (QED) is 0.596. The van der Waals surface area contributed by atoms with Gasteiger partial charge in [-0.25, -0.2) is 0 Å². The van der Waals surface area contributed by atoms with Crippen molar-refractivity contribution in [3.05, 3.63) is 7.43 Å². The van der Waals surface area contributed by atoms with Crippen molar-refractivity contribution in [1.82, 2.24) is 0 Å². The van der Waals surface area contributed by atoms with Crippen molar-refractivity contribution < 1.29 is 0 Å². The summed E-state index contributed by atoms with van der Waals surface area (Å²) in [6.45, 7) is 0. The summed E-state index contributed by atoms with van der Waals surface area (Å²) in [5, 5.41) is 0. The van der Waals surface area contributed by atoms with Gasteiger partial charge < -0.3 is 0 Å². The molecular formula is CH3Cl4Sn. The van der Waals surface area contributed by atoms with Crippen LogP contribution in [-0.4, -0.2) is 13.9 Å². The van der Waals surface area contributed by atoms with Crippen LogP contribution in [0.2, 0.25) is 0 Å². The molecule has 0 aromatic rings. The van der Waals surface area contributed by atoms with Gasteiger partial charge >= 0.3 is 49.6 Å².